The first-order chi connectivity index (χ1) is 7.13. The van der Waals surface area contributed by atoms with Crippen LogP contribution in [0, 0.1) is 0 Å². The van der Waals surface area contributed by atoms with E-state index in [0.717, 1.165) is 10.6 Å². The van der Waals surface area contributed by atoms with E-state index in [1.54, 1.807) is 11.8 Å². The number of hydrogen-bond donors (Lipinski definition) is 1. The van der Waals surface area contributed by atoms with Gasteiger partial charge in [0.2, 0.25) is 0 Å². The molecule has 0 amide bonds. The van der Waals surface area contributed by atoms with E-state index in [-0.39, 0.29) is 5.88 Å². The first-order valence-corrected chi connectivity index (χ1v) is 6.19. The first kappa shape index (κ1) is 12.4. The Hall–Kier alpha value is -0.670. The standard InChI is InChI=1S/C11H15ClN2S/c1-8(2)15-10-6-4-3-5-9(10)14-11(13)7-12/h3-6,8H,7H2,1-2H3,(H2,13,14). The highest BCUT2D eigenvalue weighted by Gasteiger charge is 2.04. The number of aliphatic imine (C=N–C) groups is 1. The second-order valence-corrected chi connectivity index (χ2v) is 5.26. The smallest absolute Gasteiger partial charge is 0.115 e. The molecule has 1 rings (SSSR count). The molecular formula is C11H15ClN2S. The van der Waals surface area contributed by atoms with E-state index in [4.69, 9.17) is 17.3 Å². The second kappa shape index (κ2) is 6.03. The Morgan fingerprint density at radius 2 is 2.13 bits per heavy atom. The van der Waals surface area contributed by atoms with Gasteiger partial charge in [0, 0.05) is 10.1 Å². The second-order valence-electron chi connectivity index (χ2n) is 3.37. The van der Waals surface area contributed by atoms with Crippen LogP contribution in [0.1, 0.15) is 13.8 Å². The van der Waals surface area contributed by atoms with Crippen molar-refractivity contribution in [3.63, 3.8) is 0 Å². The fraction of sp³-hybridized carbons (Fsp3) is 0.364. The van der Waals surface area contributed by atoms with Crippen molar-refractivity contribution in [3.8, 4) is 0 Å². The number of nitrogens with zero attached hydrogens (tertiary/aromatic N) is 1. The largest absolute Gasteiger partial charge is 0.386 e. The molecule has 0 bridgehead atoms. The Morgan fingerprint density at radius 1 is 1.47 bits per heavy atom. The number of halogens is 1. The minimum Gasteiger partial charge on any atom is -0.386 e. The summed E-state index contributed by atoms with van der Waals surface area (Å²) >= 11 is 7.37. The molecule has 0 aromatic heterocycles. The lowest BCUT2D eigenvalue weighted by atomic mass is 10.3. The fourth-order valence-electron chi connectivity index (χ4n) is 1.09. The summed E-state index contributed by atoms with van der Waals surface area (Å²) in [6.45, 7) is 4.30. The molecule has 0 aliphatic heterocycles. The van der Waals surface area contributed by atoms with Crippen LogP contribution in [0.5, 0.6) is 0 Å². The lowest BCUT2D eigenvalue weighted by Crippen LogP contribution is -2.12. The molecule has 0 spiro atoms. The minimum absolute atomic E-state index is 0.265. The molecule has 0 aliphatic carbocycles. The van der Waals surface area contributed by atoms with Crippen LogP contribution >= 0.6 is 23.4 Å². The van der Waals surface area contributed by atoms with Crippen molar-refractivity contribution in [1.29, 1.82) is 0 Å². The molecule has 0 saturated carbocycles. The van der Waals surface area contributed by atoms with Crippen LogP contribution in [0.15, 0.2) is 34.2 Å². The third kappa shape index (κ3) is 4.14. The monoisotopic (exact) mass is 242 g/mol. The van der Waals surface area contributed by atoms with E-state index < -0.39 is 0 Å². The summed E-state index contributed by atoms with van der Waals surface area (Å²) in [5.41, 5.74) is 6.51. The molecule has 82 valence electrons. The number of benzene rings is 1. The zero-order chi connectivity index (χ0) is 11.3. The minimum atomic E-state index is 0.265. The van der Waals surface area contributed by atoms with Gasteiger partial charge in [-0.05, 0) is 12.1 Å². The maximum atomic E-state index is 5.61. The molecule has 2 nitrogen and oxygen atoms in total. The number of amidine groups is 1. The van der Waals surface area contributed by atoms with Gasteiger partial charge >= 0.3 is 0 Å². The van der Waals surface area contributed by atoms with E-state index in [1.807, 2.05) is 24.3 Å². The normalized spacial score (nSPS) is 12.1. The van der Waals surface area contributed by atoms with Crippen LogP contribution in [-0.2, 0) is 0 Å². The maximum Gasteiger partial charge on any atom is 0.115 e. The zero-order valence-corrected chi connectivity index (χ0v) is 10.5. The molecule has 0 aliphatic rings. The average molecular weight is 243 g/mol. The summed E-state index contributed by atoms with van der Waals surface area (Å²) in [6.07, 6.45) is 0. The summed E-state index contributed by atoms with van der Waals surface area (Å²) in [5, 5.41) is 0.526. The van der Waals surface area contributed by atoms with E-state index in [0.29, 0.717) is 11.1 Å². The molecule has 15 heavy (non-hydrogen) atoms. The highest BCUT2D eigenvalue weighted by atomic mass is 35.5. The van der Waals surface area contributed by atoms with E-state index in [9.17, 15) is 0 Å². The molecule has 0 radical (unpaired) electrons. The van der Waals surface area contributed by atoms with Crippen molar-refractivity contribution >= 4 is 34.9 Å². The fourth-order valence-corrected chi connectivity index (χ4v) is 2.05. The van der Waals surface area contributed by atoms with Crippen molar-refractivity contribution < 1.29 is 0 Å². The van der Waals surface area contributed by atoms with Crippen LogP contribution in [0.4, 0.5) is 5.69 Å². The van der Waals surface area contributed by atoms with Crippen LogP contribution < -0.4 is 5.73 Å². The van der Waals surface area contributed by atoms with Crippen molar-refractivity contribution in [3.05, 3.63) is 24.3 Å². The van der Waals surface area contributed by atoms with Crippen molar-refractivity contribution in [2.75, 3.05) is 5.88 Å². The first-order valence-electron chi connectivity index (χ1n) is 4.78. The summed E-state index contributed by atoms with van der Waals surface area (Å²) in [4.78, 5) is 5.41. The average Bonchev–Trinajstić information content (AvgIpc) is 2.20. The number of thioether (sulfide) groups is 1. The van der Waals surface area contributed by atoms with Gasteiger partial charge < -0.3 is 5.73 Å². The number of hydrogen-bond acceptors (Lipinski definition) is 2. The molecule has 0 fully saturated rings. The highest BCUT2D eigenvalue weighted by molar-refractivity contribution is 8.00. The van der Waals surface area contributed by atoms with Gasteiger partial charge in [0.15, 0.2) is 0 Å². The van der Waals surface area contributed by atoms with Gasteiger partial charge in [0.25, 0.3) is 0 Å². The highest BCUT2D eigenvalue weighted by Crippen LogP contribution is 2.31. The molecular weight excluding hydrogens is 228 g/mol. The van der Waals surface area contributed by atoms with E-state index >= 15 is 0 Å². The Kier molecular flexibility index (Phi) is 4.99. The predicted octanol–water partition coefficient (Wildman–Crippen LogP) is 3.41. The number of rotatable bonds is 4. The maximum absolute atomic E-state index is 5.61. The zero-order valence-electron chi connectivity index (χ0n) is 8.90. The van der Waals surface area contributed by atoms with Gasteiger partial charge in [-0.25, -0.2) is 4.99 Å². The third-order valence-corrected chi connectivity index (χ3v) is 2.97. The molecule has 0 heterocycles. The van der Waals surface area contributed by atoms with E-state index in [2.05, 4.69) is 18.8 Å². The van der Waals surface area contributed by atoms with Gasteiger partial charge in [-0.1, -0.05) is 26.0 Å². The topological polar surface area (TPSA) is 38.4 Å². The summed E-state index contributed by atoms with van der Waals surface area (Å²) in [5.74, 6) is 0.717. The van der Waals surface area contributed by atoms with Crippen LogP contribution in [0.2, 0.25) is 0 Å². The predicted molar refractivity (Wildman–Crippen MR) is 69.4 cm³/mol. The van der Waals surface area contributed by atoms with Crippen molar-refractivity contribution in [2.24, 2.45) is 10.7 Å². The van der Waals surface area contributed by atoms with Gasteiger partial charge in [0.05, 0.1) is 11.6 Å². The Morgan fingerprint density at radius 3 is 2.73 bits per heavy atom. The number of alkyl halides is 1. The Balaban J connectivity index is 2.96. The van der Waals surface area contributed by atoms with E-state index in [1.165, 1.54) is 0 Å². The van der Waals surface area contributed by atoms with Gasteiger partial charge in [-0.15, -0.1) is 23.4 Å². The summed E-state index contributed by atoms with van der Waals surface area (Å²) < 4.78 is 0. The summed E-state index contributed by atoms with van der Waals surface area (Å²) in [7, 11) is 0. The Bertz CT molecular complexity index is 350. The third-order valence-electron chi connectivity index (χ3n) is 1.63. The number of nitrogens with two attached hydrogens (primary N) is 1. The van der Waals surface area contributed by atoms with Crippen molar-refractivity contribution in [2.45, 2.75) is 24.0 Å². The Labute approximate surface area is 99.9 Å². The van der Waals surface area contributed by atoms with Gasteiger partial charge in [-0.2, -0.15) is 0 Å². The molecule has 0 saturated heterocycles. The molecule has 1 aromatic carbocycles. The van der Waals surface area contributed by atoms with Gasteiger partial charge in [0.1, 0.15) is 5.84 Å². The SMILES string of the molecule is CC(C)Sc1ccccc1N=C(N)CCl. The van der Waals surface area contributed by atoms with Gasteiger partial charge in [-0.3, -0.25) is 0 Å². The lowest BCUT2D eigenvalue weighted by Gasteiger charge is -2.07. The van der Waals surface area contributed by atoms with Crippen molar-refractivity contribution in [1.82, 2.24) is 0 Å². The molecule has 0 unspecified atom stereocenters. The molecule has 1 aromatic rings. The summed E-state index contributed by atoms with van der Waals surface area (Å²) in [6, 6.07) is 7.94. The molecule has 4 heteroatoms. The number of para-hydroxylation sites is 1. The quantitative estimate of drug-likeness (QED) is 0.380. The van der Waals surface area contributed by atoms with Crippen LogP contribution in [0.3, 0.4) is 0 Å². The molecule has 2 N–H and O–H groups in total. The van der Waals surface area contributed by atoms with Crippen LogP contribution in [0.25, 0.3) is 0 Å². The van der Waals surface area contributed by atoms with Crippen LogP contribution in [-0.4, -0.2) is 17.0 Å². The molecule has 0 atom stereocenters. The lowest BCUT2D eigenvalue weighted by molar-refractivity contribution is 1.11.